The number of nitrogens with zero attached hydrogens (tertiary/aromatic N) is 1. The summed E-state index contributed by atoms with van der Waals surface area (Å²) in [5, 5.41) is 3.49. The average Bonchev–Trinajstić information content (AvgIpc) is 2.29. The molecule has 0 aromatic heterocycles. The summed E-state index contributed by atoms with van der Waals surface area (Å²) in [5.41, 5.74) is 2.47. The quantitative estimate of drug-likeness (QED) is 0.846. The minimum Gasteiger partial charge on any atom is -0.358 e. The molecule has 16 heavy (non-hydrogen) atoms. The van der Waals surface area contributed by atoms with Crippen LogP contribution in [0.4, 0.5) is 0 Å². The zero-order chi connectivity index (χ0) is 11.5. The molecule has 1 aliphatic heterocycles. The smallest absolute Gasteiger partial charge is 0.233 e. The second-order valence-electron chi connectivity index (χ2n) is 4.01. The minimum atomic E-state index is 0.0606. The van der Waals surface area contributed by atoms with Crippen LogP contribution in [0.25, 0.3) is 0 Å². The molecule has 0 spiro atoms. The number of nitrogens with one attached hydrogen (secondary N) is 1. The van der Waals surface area contributed by atoms with E-state index in [1.807, 2.05) is 12.1 Å². The van der Waals surface area contributed by atoms with Gasteiger partial charge in [-0.05, 0) is 23.6 Å². The molecule has 1 N–H and O–H groups in total. The highest BCUT2D eigenvalue weighted by Crippen LogP contribution is 2.25. The van der Waals surface area contributed by atoms with Crippen molar-refractivity contribution in [1.29, 1.82) is 0 Å². The number of fused-ring (bicyclic) bond motifs is 1. The first-order valence-corrected chi connectivity index (χ1v) is 5.77. The number of likely N-dealkylation sites (N-methyl/N-ethyl adjacent to an activating group) is 1. The van der Waals surface area contributed by atoms with E-state index in [0.717, 1.165) is 24.5 Å². The third-order valence-corrected chi connectivity index (χ3v) is 3.29. The summed E-state index contributed by atoms with van der Waals surface area (Å²) >= 11 is 6.13. The Kier molecular flexibility index (Phi) is 3.46. The van der Waals surface area contributed by atoms with Gasteiger partial charge in [0.15, 0.2) is 0 Å². The van der Waals surface area contributed by atoms with E-state index >= 15 is 0 Å². The van der Waals surface area contributed by atoms with Crippen LogP contribution in [-0.4, -0.2) is 30.9 Å². The standard InChI is InChI=1S/C12H15ClN2O/c1-14-12(16)8-15-6-5-10-9(7-15)3-2-4-11(10)13/h2-4H,5-8H2,1H3,(H,14,16). The molecular weight excluding hydrogens is 224 g/mol. The maximum absolute atomic E-state index is 11.3. The average molecular weight is 239 g/mol. The molecule has 0 aliphatic carbocycles. The summed E-state index contributed by atoms with van der Waals surface area (Å²) in [6.07, 6.45) is 0.923. The third kappa shape index (κ3) is 2.36. The van der Waals surface area contributed by atoms with Gasteiger partial charge in [0.2, 0.25) is 5.91 Å². The van der Waals surface area contributed by atoms with Gasteiger partial charge in [-0.2, -0.15) is 0 Å². The van der Waals surface area contributed by atoms with E-state index < -0.39 is 0 Å². The molecule has 0 radical (unpaired) electrons. The van der Waals surface area contributed by atoms with E-state index in [-0.39, 0.29) is 5.91 Å². The van der Waals surface area contributed by atoms with Crippen LogP contribution < -0.4 is 5.32 Å². The normalized spacial score (nSPS) is 15.6. The van der Waals surface area contributed by atoms with Crippen molar-refractivity contribution in [2.24, 2.45) is 0 Å². The number of rotatable bonds is 2. The predicted octanol–water partition coefficient (Wildman–Crippen LogP) is 1.44. The Morgan fingerprint density at radius 3 is 3.12 bits per heavy atom. The van der Waals surface area contributed by atoms with Gasteiger partial charge < -0.3 is 5.32 Å². The van der Waals surface area contributed by atoms with E-state index in [9.17, 15) is 4.79 Å². The predicted molar refractivity (Wildman–Crippen MR) is 64.5 cm³/mol. The van der Waals surface area contributed by atoms with Crippen LogP contribution in [0.2, 0.25) is 5.02 Å². The van der Waals surface area contributed by atoms with Crippen LogP contribution in [0.5, 0.6) is 0 Å². The molecule has 1 aliphatic rings. The number of halogens is 1. The number of hydrogen-bond donors (Lipinski definition) is 1. The van der Waals surface area contributed by atoms with Crippen molar-refractivity contribution >= 4 is 17.5 Å². The van der Waals surface area contributed by atoms with Gasteiger partial charge >= 0.3 is 0 Å². The molecule has 0 saturated carbocycles. The van der Waals surface area contributed by atoms with Crippen LogP contribution in [-0.2, 0) is 17.8 Å². The largest absolute Gasteiger partial charge is 0.358 e. The van der Waals surface area contributed by atoms with E-state index in [1.165, 1.54) is 11.1 Å². The lowest BCUT2D eigenvalue weighted by Gasteiger charge is -2.28. The molecule has 0 saturated heterocycles. The van der Waals surface area contributed by atoms with E-state index in [4.69, 9.17) is 11.6 Å². The summed E-state index contributed by atoms with van der Waals surface area (Å²) in [5.74, 6) is 0.0606. The second-order valence-corrected chi connectivity index (χ2v) is 4.42. The van der Waals surface area contributed by atoms with E-state index in [1.54, 1.807) is 7.05 Å². The van der Waals surface area contributed by atoms with Crippen molar-refractivity contribution in [3.8, 4) is 0 Å². The molecule has 0 atom stereocenters. The number of benzene rings is 1. The molecule has 1 aromatic carbocycles. The van der Waals surface area contributed by atoms with Gasteiger partial charge in [-0.25, -0.2) is 0 Å². The summed E-state index contributed by atoms with van der Waals surface area (Å²) in [6.45, 7) is 2.16. The molecular formula is C12H15ClN2O. The molecule has 2 rings (SSSR count). The van der Waals surface area contributed by atoms with Gasteiger partial charge in [0.05, 0.1) is 6.54 Å². The van der Waals surface area contributed by atoms with Gasteiger partial charge in [0.1, 0.15) is 0 Å². The molecule has 4 heteroatoms. The molecule has 0 fully saturated rings. The second kappa shape index (κ2) is 4.85. The Morgan fingerprint density at radius 2 is 2.38 bits per heavy atom. The van der Waals surface area contributed by atoms with Crippen LogP contribution in [0.15, 0.2) is 18.2 Å². The highest BCUT2D eigenvalue weighted by molar-refractivity contribution is 6.31. The van der Waals surface area contributed by atoms with Crippen LogP contribution in [0, 0.1) is 0 Å². The van der Waals surface area contributed by atoms with Crippen molar-refractivity contribution in [3.05, 3.63) is 34.3 Å². The highest BCUT2D eigenvalue weighted by atomic mass is 35.5. The molecule has 3 nitrogen and oxygen atoms in total. The lowest BCUT2D eigenvalue weighted by molar-refractivity contribution is -0.121. The molecule has 86 valence electrons. The van der Waals surface area contributed by atoms with Crippen molar-refractivity contribution in [2.75, 3.05) is 20.1 Å². The zero-order valence-corrected chi connectivity index (χ0v) is 10.0. The first-order chi connectivity index (χ1) is 7.70. The van der Waals surface area contributed by atoms with Crippen molar-refractivity contribution in [2.45, 2.75) is 13.0 Å². The fourth-order valence-corrected chi connectivity index (χ4v) is 2.33. The SMILES string of the molecule is CNC(=O)CN1CCc2c(Cl)cccc2C1. The van der Waals surface area contributed by atoms with Crippen molar-refractivity contribution in [3.63, 3.8) is 0 Å². The molecule has 0 bridgehead atoms. The lowest BCUT2D eigenvalue weighted by Crippen LogP contribution is -2.38. The van der Waals surface area contributed by atoms with E-state index in [2.05, 4.69) is 16.3 Å². The maximum Gasteiger partial charge on any atom is 0.233 e. The Balaban J connectivity index is 2.09. The minimum absolute atomic E-state index is 0.0606. The van der Waals surface area contributed by atoms with Gasteiger partial charge in [-0.1, -0.05) is 23.7 Å². The molecule has 1 heterocycles. The van der Waals surface area contributed by atoms with Gasteiger partial charge in [0.25, 0.3) is 0 Å². The Hall–Kier alpha value is -1.06. The monoisotopic (exact) mass is 238 g/mol. The molecule has 1 amide bonds. The van der Waals surface area contributed by atoms with Crippen molar-refractivity contribution < 1.29 is 4.79 Å². The summed E-state index contributed by atoms with van der Waals surface area (Å²) in [6, 6.07) is 5.97. The van der Waals surface area contributed by atoms with Crippen LogP contribution in [0.1, 0.15) is 11.1 Å². The Morgan fingerprint density at radius 1 is 1.56 bits per heavy atom. The highest BCUT2D eigenvalue weighted by Gasteiger charge is 2.19. The first-order valence-electron chi connectivity index (χ1n) is 5.40. The van der Waals surface area contributed by atoms with Crippen molar-refractivity contribution in [1.82, 2.24) is 10.2 Å². The van der Waals surface area contributed by atoms with Crippen LogP contribution in [0.3, 0.4) is 0 Å². The summed E-state index contributed by atoms with van der Waals surface area (Å²) in [7, 11) is 1.66. The molecule has 0 unspecified atom stereocenters. The first kappa shape index (κ1) is 11.4. The number of hydrogen-bond acceptors (Lipinski definition) is 2. The van der Waals surface area contributed by atoms with Gasteiger partial charge in [-0.3, -0.25) is 9.69 Å². The van der Waals surface area contributed by atoms with E-state index in [0.29, 0.717) is 6.54 Å². The molecule has 1 aromatic rings. The number of carbonyl (C=O) groups excluding carboxylic acids is 1. The fraction of sp³-hybridized carbons (Fsp3) is 0.417. The topological polar surface area (TPSA) is 32.3 Å². The third-order valence-electron chi connectivity index (χ3n) is 2.93. The summed E-state index contributed by atoms with van der Waals surface area (Å²) in [4.78, 5) is 13.4. The number of carbonyl (C=O) groups is 1. The Labute approximate surface area is 100 Å². The van der Waals surface area contributed by atoms with Gasteiger partial charge in [-0.15, -0.1) is 0 Å². The Bertz CT molecular complexity index is 406. The fourth-order valence-electron chi connectivity index (χ4n) is 2.04. The lowest BCUT2D eigenvalue weighted by atomic mass is 10.00. The zero-order valence-electron chi connectivity index (χ0n) is 9.29. The van der Waals surface area contributed by atoms with Gasteiger partial charge in [0, 0.05) is 25.2 Å². The maximum atomic E-state index is 11.3. The summed E-state index contributed by atoms with van der Waals surface area (Å²) < 4.78 is 0. The number of amides is 1. The van der Waals surface area contributed by atoms with Crippen LogP contribution >= 0.6 is 11.6 Å².